The third kappa shape index (κ3) is 4.11. The van der Waals surface area contributed by atoms with Gasteiger partial charge in [-0.2, -0.15) is 0 Å². The van der Waals surface area contributed by atoms with Crippen molar-refractivity contribution in [2.24, 2.45) is 0 Å². The van der Waals surface area contributed by atoms with Gasteiger partial charge in [0, 0.05) is 18.4 Å². The Balaban J connectivity index is 1.31. The molecular formula is C21H23N3O2. The highest BCUT2D eigenvalue weighted by Crippen LogP contribution is 2.21. The second-order valence-corrected chi connectivity index (χ2v) is 6.47. The first-order chi connectivity index (χ1) is 12.9. The highest BCUT2D eigenvalue weighted by atomic mass is 16.7. The van der Waals surface area contributed by atoms with Crippen LogP contribution in [0.2, 0.25) is 0 Å². The van der Waals surface area contributed by atoms with Crippen LogP contribution in [0.3, 0.4) is 0 Å². The molecule has 1 atom stereocenters. The molecule has 4 rings (SSSR count). The molecule has 1 aromatic heterocycles. The first-order valence-electron chi connectivity index (χ1n) is 9.19. The Labute approximate surface area is 153 Å². The molecule has 0 saturated carbocycles. The molecule has 0 amide bonds. The van der Waals surface area contributed by atoms with E-state index in [0.29, 0.717) is 0 Å². The fourth-order valence-corrected chi connectivity index (χ4v) is 3.16. The van der Waals surface area contributed by atoms with Gasteiger partial charge < -0.3 is 14.8 Å². The van der Waals surface area contributed by atoms with Gasteiger partial charge >= 0.3 is 0 Å². The van der Waals surface area contributed by atoms with Gasteiger partial charge in [0.25, 0.3) is 0 Å². The van der Waals surface area contributed by atoms with E-state index in [0.717, 1.165) is 54.9 Å². The second-order valence-electron chi connectivity index (χ2n) is 6.47. The summed E-state index contributed by atoms with van der Waals surface area (Å²) < 4.78 is 11.5. The van der Waals surface area contributed by atoms with Crippen LogP contribution in [0.4, 0.5) is 5.82 Å². The van der Waals surface area contributed by atoms with Gasteiger partial charge in [0.1, 0.15) is 17.9 Å². The minimum Gasteiger partial charge on any atom is -0.465 e. The van der Waals surface area contributed by atoms with Crippen LogP contribution in [-0.2, 0) is 11.2 Å². The van der Waals surface area contributed by atoms with Crippen molar-refractivity contribution in [1.82, 2.24) is 9.97 Å². The lowest BCUT2D eigenvalue weighted by molar-refractivity contribution is -0.105. The summed E-state index contributed by atoms with van der Waals surface area (Å²) in [4.78, 5) is 8.65. The van der Waals surface area contributed by atoms with Gasteiger partial charge in [-0.3, -0.25) is 0 Å². The zero-order valence-electron chi connectivity index (χ0n) is 14.7. The predicted molar refractivity (Wildman–Crippen MR) is 102 cm³/mol. The van der Waals surface area contributed by atoms with Gasteiger partial charge in [-0.15, -0.1) is 0 Å². The van der Waals surface area contributed by atoms with Crippen LogP contribution < -0.4 is 10.1 Å². The molecule has 1 fully saturated rings. The summed E-state index contributed by atoms with van der Waals surface area (Å²) in [5.41, 5.74) is 2.21. The Morgan fingerprint density at radius 3 is 2.77 bits per heavy atom. The van der Waals surface area contributed by atoms with E-state index in [1.165, 1.54) is 12.0 Å². The highest BCUT2D eigenvalue weighted by Gasteiger charge is 2.14. The fraction of sp³-hybridized carbons (Fsp3) is 0.333. The van der Waals surface area contributed by atoms with E-state index in [1.54, 1.807) is 6.33 Å². The van der Waals surface area contributed by atoms with Crippen molar-refractivity contribution in [3.63, 3.8) is 0 Å². The molecule has 1 aliphatic rings. The van der Waals surface area contributed by atoms with Crippen LogP contribution in [0.5, 0.6) is 5.75 Å². The maximum absolute atomic E-state index is 5.88. The van der Waals surface area contributed by atoms with E-state index in [4.69, 9.17) is 9.47 Å². The molecule has 0 bridgehead atoms. The molecule has 0 aliphatic carbocycles. The maximum Gasteiger partial charge on any atom is 0.199 e. The van der Waals surface area contributed by atoms with Crippen molar-refractivity contribution < 1.29 is 9.47 Å². The molecule has 1 aliphatic heterocycles. The molecule has 1 unspecified atom stereocenters. The Morgan fingerprint density at radius 1 is 1.04 bits per heavy atom. The summed E-state index contributed by atoms with van der Waals surface area (Å²) in [6.07, 6.45) is 5.70. The molecular weight excluding hydrogens is 326 g/mol. The third-order valence-electron chi connectivity index (χ3n) is 4.58. The number of ether oxygens (including phenoxy) is 2. The quantitative estimate of drug-likeness (QED) is 0.723. The van der Waals surface area contributed by atoms with Crippen molar-refractivity contribution in [2.75, 3.05) is 18.5 Å². The maximum atomic E-state index is 5.88. The fourth-order valence-electron chi connectivity index (χ4n) is 3.16. The van der Waals surface area contributed by atoms with Gasteiger partial charge in [0.2, 0.25) is 0 Å². The summed E-state index contributed by atoms with van der Waals surface area (Å²) >= 11 is 0. The number of para-hydroxylation sites is 1. The van der Waals surface area contributed by atoms with Crippen LogP contribution >= 0.6 is 0 Å². The van der Waals surface area contributed by atoms with Crippen LogP contribution in [0.15, 0.2) is 54.9 Å². The third-order valence-corrected chi connectivity index (χ3v) is 4.58. The first-order valence-corrected chi connectivity index (χ1v) is 9.19. The number of anilines is 1. The van der Waals surface area contributed by atoms with Crippen LogP contribution in [0.25, 0.3) is 10.9 Å². The van der Waals surface area contributed by atoms with E-state index >= 15 is 0 Å². The number of fused-ring (bicyclic) bond motifs is 1. The van der Waals surface area contributed by atoms with E-state index in [1.807, 2.05) is 36.4 Å². The molecule has 26 heavy (non-hydrogen) atoms. The zero-order valence-corrected chi connectivity index (χ0v) is 14.7. The van der Waals surface area contributed by atoms with Gasteiger partial charge in [-0.1, -0.05) is 24.3 Å². The van der Waals surface area contributed by atoms with E-state index in [9.17, 15) is 0 Å². The Kier molecular flexibility index (Phi) is 5.26. The Hall–Kier alpha value is -2.66. The Bertz CT molecular complexity index is 840. The molecule has 3 aromatic rings. The Morgan fingerprint density at radius 2 is 1.92 bits per heavy atom. The molecule has 5 heteroatoms. The van der Waals surface area contributed by atoms with Crippen molar-refractivity contribution in [3.8, 4) is 5.75 Å². The number of hydrogen-bond donors (Lipinski definition) is 1. The lowest BCUT2D eigenvalue weighted by Crippen LogP contribution is -2.24. The molecule has 2 aromatic carbocycles. The van der Waals surface area contributed by atoms with Gasteiger partial charge in [0.15, 0.2) is 6.29 Å². The van der Waals surface area contributed by atoms with Crippen molar-refractivity contribution in [1.29, 1.82) is 0 Å². The number of hydrogen-bond acceptors (Lipinski definition) is 5. The minimum absolute atomic E-state index is 0.0951. The van der Waals surface area contributed by atoms with Gasteiger partial charge in [-0.25, -0.2) is 9.97 Å². The van der Waals surface area contributed by atoms with Crippen LogP contribution in [0.1, 0.15) is 24.8 Å². The normalized spacial score (nSPS) is 17.2. The van der Waals surface area contributed by atoms with Crippen molar-refractivity contribution in [3.05, 3.63) is 60.4 Å². The van der Waals surface area contributed by atoms with Crippen molar-refractivity contribution in [2.45, 2.75) is 32.0 Å². The standard InChI is InChI=1S/C21H23N3O2/c1-2-6-19-18(5-1)21(24-15-23-19)22-13-12-16-8-10-17(11-9-16)26-20-7-3-4-14-25-20/h1-2,5-6,8-11,15,20H,3-4,7,12-14H2,(H,22,23,24). The number of benzene rings is 2. The van der Waals surface area contributed by atoms with E-state index in [2.05, 4.69) is 27.4 Å². The molecule has 1 N–H and O–H groups in total. The average Bonchev–Trinajstić information content (AvgIpc) is 2.70. The summed E-state index contributed by atoms with van der Waals surface area (Å²) in [5, 5.41) is 4.46. The summed E-state index contributed by atoms with van der Waals surface area (Å²) in [7, 11) is 0. The highest BCUT2D eigenvalue weighted by molar-refractivity contribution is 5.88. The molecule has 0 radical (unpaired) electrons. The first kappa shape index (κ1) is 16.8. The topological polar surface area (TPSA) is 56.3 Å². The molecule has 2 heterocycles. The van der Waals surface area contributed by atoms with Crippen LogP contribution in [0, 0.1) is 0 Å². The summed E-state index contributed by atoms with van der Waals surface area (Å²) in [6.45, 7) is 1.61. The molecule has 134 valence electrons. The smallest absolute Gasteiger partial charge is 0.199 e. The largest absolute Gasteiger partial charge is 0.465 e. The zero-order chi connectivity index (χ0) is 17.6. The van der Waals surface area contributed by atoms with E-state index < -0.39 is 0 Å². The number of nitrogens with zero attached hydrogens (tertiary/aromatic N) is 2. The summed E-state index contributed by atoms with van der Waals surface area (Å²) in [5.74, 6) is 1.75. The second kappa shape index (κ2) is 8.15. The van der Waals surface area contributed by atoms with Gasteiger partial charge in [-0.05, 0) is 49.1 Å². The van der Waals surface area contributed by atoms with Crippen molar-refractivity contribution >= 4 is 16.7 Å². The minimum atomic E-state index is -0.0951. The molecule has 0 spiro atoms. The number of nitrogens with one attached hydrogen (secondary N) is 1. The molecule has 1 saturated heterocycles. The number of rotatable bonds is 6. The summed E-state index contributed by atoms with van der Waals surface area (Å²) in [6, 6.07) is 16.3. The monoisotopic (exact) mass is 349 g/mol. The number of aromatic nitrogens is 2. The lowest BCUT2D eigenvalue weighted by atomic mass is 10.1. The van der Waals surface area contributed by atoms with Gasteiger partial charge in [0.05, 0.1) is 12.1 Å². The SMILES string of the molecule is c1ccc2c(NCCc3ccc(OC4CCCCO4)cc3)ncnc2c1. The van der Waals surface area contributed by atoms with E-state index in [-0.39, 0.29) is 6.29 Å². The predicted octanol–water partition coefficient (Wildman–Crippen LogP) is 4.19. The molecule has 5 nitrogen and oxygen atoms in total. The average molecular weight is 349 g/mol. The van der Waals surface area contributed by atoms with Crippen LogP contribution in [-0.4, -0.2) is 29.4 Å². The lowest BCUT2D eigenvalue weighted by Gasteiger charge is -2.23.